The average Bonchev–Trinajstić information content (AvgIpc) is 2.37. The molecule has 0 aromatic rings. The predicted octanol–water partition coefficient (Wildman–Crippen LogP) is -0.403. The molecule has 5 nitrogen and oxygen atoms in total. The lowest BCUT2D eigenvalue weighted by molar-refractivity contribution is -0.118. The number of aliphatic hydroxyl groups is 1. The summed E-state index contributed by atoms with van der Waals surface area (Å²) >= 11 is 1.74. The van der Waals surface area contributed by atoms with Crippen molar-refractivity contribution >= 4 is 17.7 Å². The van der Waals surface area contributed by atoms with E-state index in [4.69, 9.17) is 9.84 Å². The fraction of sp³-hybridized carbons (Fsp3) is 0.909. The Hall–Kier alpha value is -0.300. The number of piperidine rings is 1. The van der Waals surface area contributed by atoms with Crippen molar-refractivity contribution in [2.24, 2.45) is 0 Å². The average molecular weight is 262 g/mol. The van der Waals surface area contributed by atoms with Crippen molar-refractivity contribution in [2.75, 3.05) is 45.2 Å². The molecular weight excluding hydrogens is 240 g/mol. The summed E-state index contributed by atoms with van der Waals surface area (Å²) in [5.41, 5.74) is 0. The quantitative estimate of drug-likeness (QED) is 0.519. The number of hydrogen-bond acceptors (Lipinski definition) is 5. The molecule has 1 aliphatic rings. The number of thioether (sulfide) groups is 1. The highest BCUT2D eigenvalue weighted by atomic mass is 32.2. The Bertz CT molecular complexity index is 211. The molecule has 3 N–H and O–H groups in total. The molecule has 0 radical (unpaired) electrons. The number of amides is 1. The van der Waals surface area contributed by atoms with Gasteiger partial charge in [-0.3, -0.25) is 4.79 Å². The Kier molecular flexibility index (Phi) is 8.42. The number of carbonyl (C=O) groups excluding carboxylic acids is 1. The largest absolute Gasteiger partial charge is 0.394 e. The highest BCUT2D eigenvalue weighted by molar-refractivity contribution is 8.00. The van der Waals surface area contributed by atoms with E-state index < -0.39 is 0 Å². The zero-order valence-corrected chi connectivity index (χ0v) is 10.9. The van der Waals surface area contributed by atoms with Gasteiger partial charge in [0.25, 0.3) is 0 Å². The van der Waals surface area contributed by atoms with Gasteiger partial charge in [-0.25, -0.2) is 0 Å². The Morgan fingerprint density at radius 1 is 1.41 bits per heavy atom. The van der Waals surface area contributed by atoms with Gasteiger partial charge < -0.3 is 20.5 Å². The van der Waals surface area contributed by atoms with Crippen LogP contribution in [-0.4, -0.2) is 61.5 Å². The Balaban J connectivity index is 1.93. The summed E-state index contributed by atoms with van der Waals surface area (Å²) in [6, 6.07) is 0. The molecule has 1 saturated heterocycles. The first-order valence-corrected chi connectivity index (χ1v) is 7.15. The molecule has 17 heavy (non-hydrogen) atoms. The molecule has 100 valence electrons. The van der Waals surface area contributed by atoms with Gasteiger partial charge in [-0.05, 0) is 25.9 Å². The van der Waals surface area contributed by atoms with E-state index in [1.54, 1.807) is 11.8 Å². The van der Waals surface area contributed by atoms with Gasteiger partial charge in [0.1, 0.15) is 0 Å². The fourth-order valence-electron chi connectivity index (χ4n) is 1.64. The zero-order valence-electron chi connectivity index (χ0n) is 10.1. The lowest BCUT2D eigenvalue weighted by atomic mass is 10.2. The molecule has 0 aliphatic carbocycles. The van der Waals surface area contributed by atoms with Crippen molar-refractivity contribution in [1.29, 1.82) is 0 Å². The van der Waals surface area contributed by atoms with Crippen LogP contribution < -0.4 is 10.6 Å². The summed E-state index contributed by atoms with van der Waals surface area (Å²) in [6.45, 7) is 3.47. The number of carbonyl (C=O) groups is 1. The summed E-state index contributed by atoms with van der Waals surface area (Å²) in [5.74, 6) is 0.603. The van der Waals surface area contributed by atoms with Crippen LogP contribution >= 0.6 is 11.8 Å². The molecule has 1 aliphatic heterocycles. The first-order chi connectivity index (χ1) is 8.33. The third-order valence-corrected chi connectivity index (χ3v) is 3.91. The summed E-state index contributed by atoms with van der Waals surface area (Å²) < 4.78 is 5.05. The van der Waals surface area contributed by atoms with Crippen LogP contribution in [0, 0.1) is 0 Å². The van der Waals surface area contributed by atoms with Crippen molar-refractivity contribution < 1.29 is 14.6 Å². The number of nitrogens with one attached hydrogen (secondary N) is 2. The Morgan fingerprint density at radius 2 is 2.18 bits per heavy atom. The third-order valence-electron chi connectivity index (χ3n) is 2.54. The van der Waals surface area contributed by atoms with Crippen molar-refractivity contribution in [3.05, 3.63) is 0 Å². The minimum absolute atomic E-state index is 0.0273. The van der Waals surface area contributed by atoms with E-state index in [0.29, 0.717) is 30.8 Å². The normalized spacial score (nSPS) is 17.0. The molecule has 0 saturated carbocycles. The second-order valence-electron chi connectivity index (χ2n) is 3.95. The van der Waals surface area contributed by atoms with Crippen LogP contribution in [0.5, 0.6) is 0 Å². The molecular formula is C11H22N2O3S. The zero-order chi connectivity index (χ0) is 12.3. The summed E-state index contributed by atoms with van der Waals surface area (Å²) in [6.07, 6.45) is 2.30. The lowest BCUT2D eigenvalue weighted by Crippen LogP contribution is -2.32. The summed E-state index contributed by atoms with van der Waals surface area (Å²) in [5, 5.41) is 15.2. The van der Waals surface area contributed by atoms with Crippen molar-refractivity contribution in [3.8, 4) is 0 Å². The molecule has 0 aromatic carbocycles. The maximum Gasteiger partial charge on any atom is 0.230 e. The molecule has 1 heterocycles. The van der Waals surface area contributed by atoms with Crippen LogP contribution in [0.15, 0.2) is 0 Å². The van der Waals surface area contributed by atoms with Crippen LogP contribution in [0.3, 0.4) is 0 Å². The Labute approximate surface area is 107 Å². The topological polar surface area (TPSA) is 70.6 Å². The van der Waals surface area contributed by atoms with Crippen LogP contribution in [0.25, 0.3) is 0 Å². The molecule has 1 amide bonds. The number of aliphatic hydroxyl groups excluding tert-OH is 1. The molecule has 0 bridgehead atoms. The fourth-order valence-corrected chi connectivity index (χ4v) is 2.69. The van der Waals surface area contributed by atoms with E-state index in [-0.39, 0.29) is 12.5 Å². The first-order valence-electron chi connectivity index (χ1n) is 6.10. The first kappa shape index (κ1) is 14.8. The number of rotatable bonds is 8. The third kappa shape index (κ3) is 7.59. The number of hydrogen-bond donors (Lipinski definition) is 3. The minimum Gasteiger partial charge on any atom is -0.394 e. The van der Waals surface area contributed by atoms with E-state index in [1.807, 2.05) is 0 Å². The van der Waals surface area contributed by atoms with Crippen molar-refractivity contribution in [1.82, 2.24) is 10.6 Å². The van der Waals surface area contributed by atoms with Crippen molar-refractivity contribution in [3.63, 3.8) is 0 Å². The SMILES string of the molecule is O=C(CSC1CCNCC1)NCCOCCO. The van der Waals surface area contributed by atoms with E-state index in [9.17, 15) is 4.79 Å². The van der Waals surface area contributed by atoms with E-state index in [0.717, 1.165) is 25.9 Å². The Morgan fingerprint density at radius 3 is 2.88 bits per heavy atom. The standard InChI is InChI=1S/C11H22N2O3S/c14-6-8-16-7-5-13-11(15)9-17-10-1-3-12-4-2-10/h10,12,14H,1-9H2,(H,13,15). The van der Waals surface area contributed by atoms with Gasteiger partial charge in [0, 0.05) is 11.8 Å². The van der Waals surface area contributed by atoms with E-state index >= 15 is 0 Å². The highest BCUT2D eigenvalue weighted by Crippen LogP contribution is 2.19. The second kappa shape index (κ2) is 9.70. The van der Waals surface area contributed by atoms with Crippen LogP contribution in [0.1, 0.15) is 12.8 Å². The monoisotopic (exact) mass is 262 g/mol. The summed E-state index contributed by atoms with van der Waals surface area (Å²) in [7, 11) is 0. The van der Waals surface area contributed by atoms with Crippen LogP contribution in [0.4, 0.5) is 0 Å². The predicted molar refractivity (Wildman–Crippen MR) is 69.3 cm³/mol. The molecule has 0 aromatic heterocycles. The van der Waals surface area contributed by atoms with Crippen LogP contribution in [-0.2, 0) is 9.53 Å². The smallest absolute Gasteiger partial charge is 0.230 e. The maximum atomic E-state index is 11.5. The number of ether oxygens (including phenoxy) is 1. The molecule has 1 rings (SSSR count). The van der Waals surface area contributed by atoms with Gasteiger partial charge in [-0.1, -0.05) is 0 Å². The second-order valence-corrected chi connectivity index (χ2v) is 5.23. The molecule has 0 spiro atoms. The summed E-state index contributed by atoms with van der Waals surface area (Å²) in [4.78, 5) is 11.5. The molecule has 6 heteroatoms. The molecule has 0 unspecified atom stereocenters. The molecule has 1 fully saturated rings. The van der Waals surface area contributed by atoms with Crippen molar-refractivity contribution in [2.45, 2.75) is 18.1 Å². The maximum absolute atomic E-state index is 11.5. The van der Waals surface area contributed by atoms with Gasteiger partial charge in [-0.2, -0.15) is 0 Å². The van der Waals surface area contributed by atoms with Gasteiger partial charge in [0.05, 0.1) is 25.6 Å². The minimum atomic E-state index is 0.0273. The molecule has 0 atom stereocenters. The van der Waals surface area contributed by atoms with Gasteiger partial charge in [0.15, 0.2) is 0 Å². The highest BCUT2D eigenvalue weighted by Gasteiger charge is 2.14. The van der Waals surface area contributed by atoms with Gasteiger partial charge in [-0.15, -0.1) is 11.8 Å². The van der Waals surface area contributed by atoms with Crippen LogP contribution in [0.2, 0.25) is 0 Å². The van der Waals surface area contributed by atoms with Gasteiger partial charge in [0.2, 0.25) is 5.91 Å². The lowest BCUT2D eigenvalue weighted by Gasteiger charge is -2.21. The van der Waals surface area contributed by atoms with E-state index in [2.05, 4.69) is 10.6 Å². The van der Waals surface area contributed by atoms with E-state index in [1.165, 1.54) is 0 Å². The van der Waals surface area contributed by atoms with Gasteiger partial charge >= 0.3 is 0 Å².